The Bertz CT molecular complexity index is 729. The third-order valence-electron chi connectivity index (χ3n) is 6.27. The first kappa shape index (κ1) is 22.4. The van der Waals surface area contributed by atoms with Crippen LogP contribution in [-0.2, 0) is 9.53 Å². The van der Waals surface area contributed by atoms with Crippen LogP contribution in [-0.4, -0.2) is 64.3 Å². The minimum atomic E-state index is -0.0153. The molecule has 1 aliphatic heterocycles. The number of benzene rings is 1. The number of aliphatic imine (C=N–C) groups is 1. The minimum absolute atomic E-state index is 0.0153. The second-order valence-electron chi connectivity index (χ2n) is 8.63. The second kappa shape index (κ2) is 10.7. The van der Waals surface area contributed by atoms with E-state index in [1.54, 1.807) is 26.1 Å². The number of nitrogens with zero attached hydrogens (tertiary/aromatic N) is 2. The van der Waals surface area contributed by atoms with Gasteiger partial charge in [0.2, 0.25) is 5.91 Å². The Kier molecular flexibility index (Phi) is 7.96. The molecule has 0 bridgehead atoms. The summed E-state index contributed by atoms with van der Waals surface area (Å²) in [5.41, 5.74) is 1.37. The smallest absolute Gasteiger partial charge is 0.243 e. The van der Waals surface area contributed by atoms with Gasteiger partial charge in [0.25, 0.3) is 0 Å². The van der Waals surface area contributed by atoms with Crippen LogP contribution in [0.3, 0.4) is 0 Å². The fraction of sp³-hybridized carbons (Fsp3) is 0.652. The molecule has 1 aromatic rings. The van der Waals surface area contributed by atoms with E-state index in [1.165, 1.54) is 25.7 Å². The predicted octanol–water partition coefficient (Wildman–Crippen LogP) is 2.73. The van der Waals surface area contributed by atoms with Crippen LogP contribution in [0.4, 0.5) is 0 Å². The number of carbonyl (C=O) groups is 1. The molecule has 2 N–H and O–H groups in total. The highest BCUT2D eigenvalue weighted by atomic mass is 16.5. The first-order chi connectivity index (χ1) is 14.5. The van der Waals surface area contributed by atoms with Crippen molar-refractivity contribution in [1.29, 1.82) is 0 Å². The zero-order valence-corrected chi connectivity index (χ0v) is 18.6. The van der Waals surface area contributed by atoms with Gasteiger partial charge in [-0.1, -0.05) is 31.0 Å². The van der Waals surface area contributed by atoms with Gasteiger partial charge >= 0.3 is 0 Å². The van der Waals surface area contributed by atoms with Crippen molar-refractivity contribution in [3.63, 3.8) is 0 Å². The average molecular weight is 417 g/mol. The summed E-state index contributed by atoms with van der Waals surface area (Å²) < 4.78 is 11.2. The van der Waals surface area contributed by atoms with E-state index in [2.05, 4.69) is 21.7 Å². The van der Waals surface area contributed by atoms with E-state index in [-0.39, 0.29) is 23.9 Å². The summed E-state index contributed by atoms with van der Waals surface area (Å²) in [5, 5.41) is 7.12. The molecule has 0 aromatic heterocycles. The number of likely N-dealkylation sites (N-methyl/N-ethyl adjacent to an activating group) is 1. The first-order valence-electron chi connectivity index (χ1n) is 11.0. The molecule has 7 heteroatoms. The van der Waals surface area contributed by atoms with Gasteiger partial charge in [-0.15, -0.1) is 0 Å². The van der Waals surface area contributed by atoms with Crippen LogP contribution >= 0.6 is 0 Å². The number of nitrogens with one attached hydrogen (secondary N) is 2. The van der Waals surface area contributed by atoms with Crippen molar-refractivity contribution >= 4 is 11.9 Å². The summed E-state index contributed by atoms with van der Waals surface area (Å²) in [5.74, 6) is 1.59. The van der Waals surface area contributed by atoms with E-state index in [4.69, 9.17) is 9.47 Å². The van der Waals surface area contributed by atoms with Crippen LogP contribution in [0.2, 0.25) is 0 Å². The fourth-order valence-electron chi connectivity index (χ4n) is 4.33. The van der Waals surface area contributed by atoms with Crippen LogP contribution in [0, 0.1) is 5.41 Å². The van der Waals surface area contributed by atoms with E-state index in [9.17, 15) is 4.79 Å². The molecule has 1 heterocycles. The molecule has 1 fully saturated rings. The molecule has 1 unspecified atom stereocenters. The average Bonchev–Trinajstić information content (AvgIpc) is 3.23. The Morgan fingerprint density at radius 1 is 1.30 bits per heavy atom. The summed E-state index contributed by atoms with van der Waals surface area (Å²) in [6, 6.07) is 8.21. The maximum atomic E-state index is 12.1. The largest absolute Gasteiger partial charge is 0.493 e. The van der Waals surface area contributed by atoms with Crippen molar-refractivity contribution in [1.82, 2.24) is 15.5 Å². The first-order valence-corrected chi connectivity index (χ1v) is 11.0. The number of methoxy groups -OCH3 is 1. The van der Waals surface area contributed by atoms with Crippen molar-refractivity contribution in [2.75, 3.05) is 47.5 Å². The highest BCUT2D eigenvalue weighted by Gasteiger charge is 2.34. The number of para-hydroxylation sites is 1. The SMILES string of the molecule is COCCC1(CNC(=NCC(=O)N(C)C)NC2CCOc3ccccc32)CCCC1. The number of hydrogen-bond donors (Lipinski definition) is 2. The number of guanidine groups is 1. The Morgan fingerprint density at radius 2 is 2.07 bits per heavy atom. The molecular formula is C23H36N4O3. The highest BCUT2D eigenvalue weighted by Crippen LogP contribution is 2.40. The van der Waals surface area contributed by atoms with Crippen molar-refractivity contribution in [3.8, 4) is 5.75 Å². The number of amides is 1. The number of fused-ring (bicyclic) bond motifs is 1. The monoisotopic (exact) mass is 416 g/mol. The number of carbonyl (C=O) groups excluding carboxylic acids is 1. The van der Waals surface area contributed by atoms with Crippen LogP contribution in [0.5, 0.6) is 5.75 Å². The van der Waals surface area contributed by atoms with Crippen molar-refractivity contribution < 1.29 is 14.3 Å². The molecule has 30 heavy (non-hydrogen) atoms. The van der Waals surface area contributed by atoms with Gasteiger partial charge in [0, 0.05) is 46.3 Å². The van der Waals surface area contributed by atoms with Gasteiger partial charge in [0.05, 0.1) is 12.6 Å². The molecule has 1 aliphatic carbocycles. The van der Waals surface area contributed by atoms with Crippen LogP contribution < -0.4 is 15.4 Å². The number of ether oxygens (including phenoxy) is 2. The number of rotatable bonds is 8. The molecule has 0 radical (unpaired) electrons. The normalized spacial score (nSPS) is 20.2. The molecule has 1 aromatic carbocycles. The highest BCUT2D eigenvalue weighted by molar-refractivity contribution is 5.85. The lowest BCUT2D eigenvalue weighted by atomic mass is 9.83. The molecule has 0 saturated heterocycles. The summed E-state index contributed by atoms with van der Waals surface area (Å²) >= 11 is 0. The van der Waals surface area contributed by atoms with Gasteiger partial charge in [0.1, 0.15) is 12.3 Å². The molecule has 3 rings (SSSR count). The summed E-state index contributed by atoms with van der Waals surface area (Å²) in [4.78, 5) is 18.3. The molecule has 1 saturated carbocycles. The molecule has 1 amide bonds. The lowest BCUT2D eigenvalue weighted by Gasteiger charge is -2.32. The lowest BCUT2D eigenvalue weighted by Crippen LogP contribution is -2.46. The van der Waals surface area contributed by atoms with Crippen molar-refractivity contribution in [2.24, 2.45) is 10.4 Å². The Morgan fingerprint density at radius 3 is 2.80 bits per heavy atom. The lowest BCUT2D eigenvalue weighted by molar-refractivity contribution is -0.127. The van der Waals surface area contributed by atoms with Crippen LogP contribution in [0.25, 0.3) is 0 Å². The molecule has 7 nitrogen and oxygen atoms in total. The van der Waals surface area contributed by atoms with Gasteiger partial charge < -0.3 is 25.0 Å². The molecular weight excluding hydrogens is 380 g/mol. The summed E-state index contributed by atoms with van der Waals surface area (Å²) in [6.07, 6.45) is 6.82. The van der Waals surface area contributed by atoms with Crippen molar-refractivity contribution in [3.05, 3.63) is 29.8 Å². The summed E-state index contributed by atoms with van der Waals surface area (Å²) in [7, 11) is 5.27. The van der Waals surface area contributed by atoms with Gasteiger partial charge in [-0.25, -0.2) is 4.99 Å². The maximum absolute atomic E-state index is 12.1. The predicted molar refractivity (Wildman–Crippen MR) is 119 cm³/mol. The van der Waals surface area contributed by atoms with E-state index in [0.717, 1.165) is 37.3 Å². The van der Waals surface area contributed by atoms with Gasteiger partial charge in [-0.05, 0) is 30.7 Å². The van der Waals surface area contributed by atoms with Crippen LogP contribution in [0.1, 0.15) is 50.1 Å². The zero-order chi connectivity index (χ0) is 21.4. The van der Waals surface area contributed by atoms with Crippen molar-refractivity contribution in [2.45, 2.75) is 44.6 Å². The van der Waals surface area contributed by atoms with Gasteiger partial charge in [-0.2, -0.15) is 0 Å². The molecule has 1 atom stereocenters. The van der Waals surface area contributed by atoms with Gasteiger partial charge in [-0.3, -0.25) is 4.79 Å². The minimum Gasteiger partial charge on any atom is -0.493 e. The quantitative estimate of drug-likeness (QED) is 0.503. The third-order valence-corrected chi connectivity index (χ3v) is 6.27. The van der Waals surface area contributed by atoms with Gasteiger partial charge in [0.15, 0.2) is 5.96 Å². The second-order valence-corrected chi connectivity index (χ2v) is 8.63. The van der Waals surface area contributed by atoms with E-state index in [0.29, 0.717) is 12.6 Å². The Balaban J connectivity index is 1.72. The maximum Gasteiger partial charge on any atom is 0.243 e. The Hall–Kier alpha value is -2.28. The molecule has 2 aliphatic rings. The van der Waals surface area contributed by atoms with E-state index < -0.39 is 0 Å². The standard InChI is InChI=1S/C23H36N4O3/c1-27(2)21(28)16-24-22(25-17-23(13-15-29-3)11-6-7-12-23)26-19-10-14-30-20-9-5-4-8-18(19)20/h4-5,8-9,19H,6-7,10-17H2,1-3H3,(H2,24,25,26). The third kappa shape index (κ3) is 5.88. The summed E-state index contributed by atoms with van der Waals surface area (Å²) in [6.45, 7) is 2.39. The van der Waals surface area contributed by atoms with E-state index >= 15 is 0 Å². The Labute approximate surface area is 180 Å². The fourth-order valence-corrected chi connectivity index (χ4v) is 4.33. The number of hydrogen-bond acceptors (Lipinski definition) is 4. The van der Waals surface area contributed by atoms with E-state index in [1.807, 2.05) is 18.2 Å². The zero-order valence-electron chi connectivity index (χ0n) is 18.6. The van der Waals surface area contributed by atoms with Crippen LogP contribution in [0.15, 0.2) is 29.3 Å². The molecule has 0 spiro atoms. The topological polar surface area (TPSA) is 75.2 Å². The molecule has 166 valence electrons.